The zero-order valence-corrected chi connectivity index (χ0v) is 13.2. The Balaban J connectivity index is 1.69. The molecular weight excluding hydrogens is 278 g/mol. The lowest BCUT2D eigenvalue weighted by Crippen LogP contribution is -2.36. The molecule has 1 unspecified atom stereocenters. The van der Waals surface area contributed by atoms with Gasteiger partial charge in [-0.2, -0.15) is 0 Å². The van der Waals surface area contributed by atoms with E-state index < -0.39 is 0 Å². The number of hydrogen-bond acceptors (Lipinski definition) is 5. The Labute approximate surface area is 131 Å². The van der Waals surface area contributed by atoms with E-state index in [-0.39, 0.29) is 6.04 Å². The van der Waals surface area contributed by atoms with E-state index in [0.717, 1.165) is 31.5 Å². The third-order valence-corrected chi connectivity index (χ3v) is 4.55. The lowest BCUT2D eigenvalue weighted by atomic mass is 9.97. The maximum absolute atomic E-state index is 9.22. The third kappa shape index (κ3) is 3.20. The zero-order chi connectivity index (χ0) is 15.5. The van der Waals surface area contributed by atoms with Gasteiger partial charge in [-0.15, -0.1) is 10.2 Å². The summed E-state index contributed by atoms with van der Waals surface area (Å²) in [5.74, 6) is 1.68. The summed E-state index contributed by atoms with van der Waals surface area (Å²) >= 11 is 0. The van der Waals surface area contributed by atoms with Crippen LogP contribution < -0.4 is 0 Å². The van der Waals surface area contributed by atoms with Crippen LogP contribution in [0.2, 0.25) is 0 Å². The van der Waals surface area contributed by atoms with Crippen LogP contribution in [0, 0.1) is 12.8 Å². The number of aromatic nitrogens is 2. The number of benzene rings is 1. The number of hydrogen-bond donors (Lipinski definition) is 1. The van der Waals surface area contributed by atoms with Gasteiger partial charge in [0.1, 0.15) is 0 Å². The van der Waals surface area contributed by atoms with Crippen LogP contribution in [0.1, 0.15) is 37.3 Å². The Morgan fingerprint density at radius 1 is 1.23 bits per heavy atom. The Kier molecular flexibility index (Phi) is 4.55. The molecule has 0 spiro atoms. The van der Waals surface area contributed by atoms with E-state index in [0.29, 0.717) is 24.3 Å². The molecule has 0 saturated carbocycles. The molecule has 1 fully saturated rings. The molecule has 0 aliphatic carbocycles. The average molecular weight is 301 g/mol. The first-order valence-electron chi connectivity index (χ1n) is 7.92. The molecule has 1 aromatic heterocycles. The molecule has 3 rings (SSSR count). The first-order valence-corrected chi connectivity index (χ1v) is 7.92. The summed E-state index contributed by atoms with van der Waals surface area (Å²) in [6, 6.07) is 8.21. The standard InChI is InChI=1S/C17H23N3O2/c1-12-3-5-15(6-4-12)17-19-18-16(22-17)13(2)20-9-7-14(11-21)8-10-20/h3-6,13-14,21H,7-11H2,1-2H3. The fraction of sp³-hybridized carbons (Fsp3) is 0.529. The number of rotatable bonds is 4. The molecule has 0 amide bonds. The molecular formula is C17H23N3O2. The Hall–Kier alpha value is -1.72. The third-order valence-electron chi connectivity index (χ3n) is 4.55. The largest absolute Gasteiger partial charge is 0.419 e. The summed E-state index contributed by atoms with van der Waals surface area (Å²) in [5.41, 5.74) is 2.17. The number of aliphatic hydroxyl groups is 1. The van der Waals surface area contributed by atoms with Crippen molar-refractivity contribution in [1.82, 2.24) is 15.1 Å². The van der Waals surface area contributed by atoms with Gasteiger partial charge in [-0.1, -0.05) is 17.7 Å². The fourth-order valence-electron chi connectivity index (χ4n) is 2.90. The zero-order valence-electron chi connectivity index (χ0n) is 13.2. The first-order chi connectivity index (χ1) is 10.7. The second-order valence-corrected chi connectivity index (χ2v) is 6.15. The Morgan fingerprint density at radius 2 is 1.91 bits per heavy atom. The first kappa shape index (κ1) is 15.2. The Bertz CT molecular complexity index is 601. The van der Waals surface area contributed by atoms with Crippen molar-refractivity contribution >= 4 is 0 Å². The summed E-state index contributed by atoms with van der Waals surface area (Å²) in [6.07, 6.45) is 2.06. The normalized spacial score (nSPS) is 18.5. The number of nitrogens with zero attached hydrogens (tertiary/aromatic N) is 3. The van der Waals surface area contributed by atoms with E-state index >= 15 is 0 Å². The van der Waals surface area contributed by atoms with Gasteiger partial charge in [0.25, 0.3) is 0 Å². The van der Waals surface area contributed by atoms with Crippen molar-refractivity contribution in [1.29, 1.82) is 0 Å². The molecule has 5 heteroatoms. The van der Waals surface area contributed by atoms with E-state index in [1.807, 2.05) is 24.3 Å². The summed E-state index contributed by atoms with van der Waals surface area (Å²) in [4.78, 5) is 2.35. The smallest absolute Gasteiger partial charge is 0.247 e. The van der Waals surface area contributed by atoms with Crippen molar-refractivity contribution in [2.24, 2.45) is 5.92 Å². The summed E-state index contributed by atoms with van der Waals surface area (Å²) in [6.45, 7) is 6.39. The second kappa shape index (κ2) is 6.58. The second-order valence-electron chi connectivity index (χ2n) is 6.15. The van der Waals surface area contributed by atoms with E-state index in [1.54, 1.807) is 0 Å². The number of likely N-dealkylation sites (tertiary alicyclic amines) is 1. The van der Waals surface area contributed by atoms with Crippen molar-refractivity contribution in [2.75, 3.05) is 19.7 Å². The van der Waals surface area contributed by atoms with Crippen LogP contribution >= 0.6 is 0 Å². The minimum atomic E-state index is 0.117. The highest BCUT2D eigenvalue weighted by atomic mass is 16.4. The van der Waals surface area contributed by atoms with E-state index in [4.69, 9.17) is 4.42 Å². The van der Waals surface area contributed by atoms with Crippen LogP contribution in [0.3, 0.4) is 0 Å². The van der Waals surface area contributed by atoms with Crippen molar-refractivity contribution in [2.45, 2.75) is 32.7 Å². The quantitative estimate of drug-likeness (QED) is 0.941. The molecule has 0 radical (unpaired) electrons. The minimum absolute atomic E-state index is 0.117. The van der Waals surface area contributed by atoms with E-state index in [2.05, 4.69) is 28.9 Å². The van der Waals surface area contributed by atoms with E-state index in [1.165, 1.54) is 5.56 Å². The van der Waals surface area contributed by atoms with Gasteiger partial charge in [0.05, 0.1) is 6.04 Å². The van der Waals surface area contributed by atoms with Crippen LogP contribution in [0.15, 0.2) is 28.7 Å². The number of aryl methyl sites for hydroxylation is 1. The number of piperidine rings is 1. The summed E-state index contributed by atoms with van der Waals surface area (Å²) in [5, 5.41) is 17.6. The molecule has 1 saturated heterocycles. The van der Waals surface area contributed by atoms with Crippen LogP contribution in [0.5, 0.6) is 0 Å². The molecule has 1 N–H and O–H groups in total. The highest BCUT2D eigenvalue weighted by Crippen LogP contribution is 2.27. The lowest BCUT2D eigenvalue weighted by Gasteiger charge is -2.33. The highest BCUT2D eigenvalue weighted by molar-refractivity contribution is 5.52. The van der Waals surface area contributed by atoms with Gasteiger partial charge in [0.15, 0.2) is 0 Å². The fourth-order valence-corrected chi connectivity index (χ4v) is 2.90. The predicted octanol–water partition coefficient (Wildman–Crippen LogP) is 2.81. The van der Waals surface area contributed by atoms with Crippen LogP contribution in [0.25, 0.3) is 11.5 Å². The van der Waals surface area contributed by atoms with E-state index in [9.17, 15) is 5.11 Å². The molecule has 118 valence electrons. The molecule has 1 aliphatic heterocycles. The van der Waals surface area contributed by atoms with Crippen LogP contribution in [0.4, 0.5) is 0 Å². The maximum atomic E-state index is 9.22. The molecule has 2 aromatic rings. The van der Waals surface area contributed by atoms with Gasteiger partial charge in [0, 0.05) is 12.2 Å². The van der Waals surface area contributed by atoms with Gasteiger partial charge in [-0.05, 0) is 57.8 Å². The number of aliphatic hydroxyl groups excluding tert-OH is 1. The van der Waals surface area contributed by atoms with Gasteiger partial charge in [0.2, 0.25) is 11.8 Å². The molecule has 5 nitrogen and oxygen atoms in total. The molecule has 22 heavy (non-hydrogen) atoms. The topological polar surface area (TPSA) is 62.4 Å². The van der Waals surface area contributed by atoms with Gasteiger partial charge >= 0.3 is 0 Å². The predicted molar refractivity (Wildman–Crippen MR) is 84.3 cm³/mol. The van der Waals surface area contributed by atoms with Crippen molar-refractivity contribution in [3.8, 4) is 11.5 Å². The van der Waals surface area contributed by atoms with Crippen molar-refractivity contribution < 1.29 is 9.52 Å². The monoisotopic (exact) mass is 301 g/mol. The van der Waals surface area contributed by atoms with Crippen LogP contribution in [-0.4, -0.2) is 39.9 Å². The molecule has 2 heterocycles. The molecule has 0 bridgehead atoms. The average Bonchev–Trinajstić information content (AvgIpc) is 3.05. The Morgan fingerprint density at radius 3 is 2.55 bits per heavy atom. The maximum Gasteiger partial charge on any atom is 0.247 e. The van der Waals surface area contributed by atoms with Crippen molar-refractivity contribution in [3.05, 3.63) is 35.7 Å². The summed E-state index contributed by atoms with van der Waals surface area (Å²) < 4.78 is 5.86. The molecule has 1 atom stereocenters. The summed E-state index contributed by atoms with van der Waals surface area (Å²) in [7, 11) is 0. The van der Waals surface area contributed by atoms with Crippen LogP contribution in [-0.2, 0) is 0 Å². The SMILES string of the molecule is Cc1ccc(-c2nnc(C(C)N3CCC(CO)CC3)o2)cc1. The van der Waals surface area contributed by atoms with Gasteiger partial charge < -0.3 is 9.52 Å². The minimum Gasteiger partial charge on any atom is -0.419 e. The molecule has 1 aromatic carbocycles. The lowest BCUT2D eigenvalue weighted by molar-refractivity contribution is 0.0960. The van der Waals surface area contributed by atoms with Crippen molar-refractivity contribution in [3.63, 3.8) is 0 Å². The van der Waals surface area contributed by atoms with Gasteiger partial charge in [-0.25, -0.2) is 0 Å². The highest BCUT2D eigenvalue weighted by Gasteiger charge is 2.26. The molecule has 1 aliphatic rings. The van der Waals surface area contributed by atoms with Gasteiger partial charge in [-0.3, -0.25) is 4.90 Å².